The van der Waals surface area contributed by atoms with E-state index in [0.717, 1.165) is 17.7 Å². The summed E-state index contributed by atoms with van der Waals surface area (Å²) in [6.07, 6.45) is 2.07. The zero-order chi connectivity index (χ0) is 17.9. The highest BCUT2D eigenvalue weighted by Gasteiger charge is 2.04. The molecular formula is C19H25N5O. The quantitative estimate of drug-likeness (QED) is 0.535. The molecule has 1 aromatic carbocycles. The van der Waals surface area contributed by atoms with Gasteiger partial charge in [0.1, 0.15) is 5.82 Å². The number of nitrogens with one attached hydrogen (secondary N) is 3. The molecule has 0 saturated carbocycles. The van der Waals surface area contributed by atoms with Gasteiger partial charge in [-0.3, -0.25) is 4.79 Å². The molecule has 2 aromatic rings. The molecule has 0 bridgehead atoms. The number of benzene rings is 1. The van der Waals surface area contributed by atoms with E-state index in [1.54, 1.807) is 12.3 Å². The molecule has 0 unspecified atom stereocenters. The van der Waals surface area contributed by atoms with Crippen LogP contribution in [0, 0.1) is 6.92 Å². The topological polar surface area (TPSA) is 78.4 Å². The van der Waals surface area contributed by atoms with Crippen LogP contribution >= 0.6 is 0 Å². The number of hydrogen-bond acceptors (Lipinski definition) is 3. The number of aliphatic imine (C=N–C) groups is 1. The highest BCUT2D eigenvalue weighted by Crippen LogP contribution is 2.04. The highest BCUT2D eigenvalue weighted by atomic mass is 16.1. The second-order valence-electron chi connectivity index (χ2n) is 5.63. The first kappa shape index (κ1) is 18.4. The Morgan fingerprint density at radius 2 is 1.92 bits per heavy atom. The van der Waals surface area contributed by atoms with Gasteiger partial charge in [-0.2, -0.15) is 0 Å². The molecule has 1 heterocycles. The van der Waals surface area contributed by atoms with Crippen molar-refractivity contribution in [3.05, 3.63) is 59.8 Å². The highest BCUT2D eigenvalue weighted by molar-refractivity contribution is 5.90. The largest absolute Gasteiger partial charge is 0.357 e. The Morgan fingerprint density at radius 1 is 1.12 bits per heavy atom. The Kier molecular flexibility index (Phi) is 7.43. The number of carbonyl (C=O) groups excluding carboxylic acids is 1. The maximum atomic E-state index is 12.0. The predicted molar refractivity (Wildman–Crippen MR) is 101 cm³/mol. The Morgan fingerprint density at radius 3 is 2.60 bits per heavy atom. The number of aryl methyl sites for hydroxylation is 1. The molecular weight excluding hydrogens is 314 g/mol. The van der Waals surface area contributed by atoms with E-state index < -0.39 is 0 Å². The summed E-state index contributed by atoms with van der Waals surface area (Å²) in [5.41, 5.74) is 2.20. The van der Waals surface area contributed by atoms with E-state index in [9.17, 15) is 4.79 Å². The molecule has 0 saturated heterocycles. The SMILES string of the molecule is CCNC(=NCc1ccccc1)NCCC(=O)Nc1ccc(C)cn1. The van der Waals surface area contributed by atoms with E-state index in [1.165, 1.54) is 0 Å². The molecule has 0 atom stereocenters. The lowest BCUT2D eigenvalue weighted by atomic mass is 10.2. The number of carbonyl (C=O) groups is 1. The molecule has 1 aromatic heterocycles. The number of aromatic nitrogens is 1. The summed E-state index contributed by atoms with van der Waals surface area (Å²) < 4.78 is 0. The molecule has 0 aliphatic heterocycles. The Bertz CT molecular complexity index is 683. The van der Waals surface area contributed by atoms with E-state index in [2.05, 4.69) is 25.9 Å². The van der Waals surface area contributed by atoms with Crippen LogP contribution in [0.3, 0.4) is 0 Å². The van der Waals surface area contributed by atoms with E-state index in [0.29, 0.717) is 31.3 Å². The van der Waals surface area contributed by atoms with Crippen LogP contribution in [0.4, 0.5) is 5.82 Å². The van der Waals surface area contributed by atoms with Crippen molar-refractivity contribution < 1.29 is 4.79 Å². The third kappa shape index (κ3) is 7.03. The molecule has 3 N–H and O–H groups in total. The zero-order valence-electron chi connectivity index (χ0n) is 14.7. The minimum atomic E-state index is -0.0808. The molecule has 132 valence electrons. The lowest BCUT2D eigenvalue weighted by Crippen LogP contribution is -2.38. The first-order valence-electron chi connectivity index (χ1n) is 8.46. The van der Waals surface area contributed by atoms with Crippen molar-refractivity contribution in [3.8, 4) is 0 Å². The summed E-state index contributed by atoms with van der Waals surface area (Å²) in [5, 5.41) is 9.13. The summed E-state index contributed by atoms with van der Waals surface area (Å²) in [6, 6.07) is 13.8. The minimum Gasteiger partial charge on any atom is -0.357 e. The molecule has 6 heteroatoms. The van der Waals surface area contributed by atoms with Crippen molar-refractivity contribution >= 4 is 17.7 Å². The number of rotatable bonds is 7. The fourth-order valence-corrected chi connectivity index (χ4v) is 2.14. The number of anilines is 1. The smallest absolute Gasteiger partial charge is 0.227 e. The van der Waals surface area contributed by atoms with Crippen molar-refractivity contribution in [1.82, 2.24) is 15.6 Å². The number of hydrogen-bond donors (Lipinski definition) is 3. The zero-order valence-corrected chi connectivity index (χ0v) is 14.7. The van der Waals surface area contributed by atoms with Gasteiger partial charge < -0.3 is 16.0 Å². The fraction of sp³-hybridized carbons (Fsp3) is 0.316. The van der Waals surface area contributed by atoms with E-state index in [-0.39, 0.29) is 5.91 Å². The fourth-order valence-electron chi connectivity index (χ4n) is 2.14. The Balaban J connectivity index is 1.78. The summed E-state index contributed by atoms with van der Waals surface area (Å²) in [6.45, 7) is 5.82. The van der Waals surface area contributed by atoms with Gasteiger partial charge in [0.15, 0.2) is 5.96 Å². The monoisotopic (exact) mass is 339 g/mol. The van der Waals surface area contributed by atoms with Crippen LogP contribution in [0.2, 0.25) is 0 Å². The molecule has 25 heavy (non-hydrogen) atoms. The van der Waals surface area contributed by atoms with Crippen LogP contribution in [0.25, 0.3) is 0 Å². The number of pyridine rings is 1. The normalized spacial score (nSPS) is 11.0. The number of nitrogens with zero attached hydrogens (tertiary/aromatic N) is 2. The minimum absolute atomic E-state index is 0.0808. The lowest BCUT2D eigenvalue weighted by Gasteiger charge is -2.11. The lowest BCUT2D eigenvalue weighted by molar-refractivity contribution is -0.116. The second-order valence-corrected chi connectivity index (χ2v) is 5.63. The Labute approximate surface area is 148 Å². The maximum Gasteiger partial charge on any atom is 0.227 e. The maximum absolute atomic E-state index is 12.0. The van der Waals surface area contributed by atoms with Crippen molar-refractivity contribution in [2.24, 2.45) is 4.99 Å². The van der Waals surface area contributed by atoms with E-state index >= 15 is 0 Å². The van der Waals surface area contributed by atoms with Crippen LogP contribution in [0.1, 0.15) is 24.5 Å². The Hall–Kier alpha value is -2.89. The summed E-state index contributed by atoms with van der Waals surface area (Å²) in [7, 11) is 0. The third-order valence-corrected chi connectivity index (χ3v) is 3.43. The molecule has 1 amide bonds. The molecule has 0 spiro atoms. The first-order chi connectivity index (χ1) is 12.2. The van der Waals surface area contributed by atoms with Gasteiger partial charge in [0.25, 0.3) is 0 Å². The third-order valence-electron chi connectivity index (χ3n) is 3.43. The molecule has 0 fully saturated rings. The van der Waals surface area contributed by atoms with Crippen LogP contribution in [0.5, 0.6) is 0 Å². The van der Waals surface area contributed by atoms with Gasteiger partial charge in [0.2, 0.25) is 5.91 Å². The van der Waals surface area contributed by atoms with Crippen LogP contribution < -0.4 is 16.0 Å². The van der Waals surface area contributed by atoms with Crippen molar-refractivity contribution in [2.75, 3.05) is 18.4 Å². The van der Waals surface area contributed by atoms with Gasteiger partial charge >= 0.3 is 0 Å². The van der Waals surface area contributed by atoms with Gasteiger partial charge in [-0.1, -0.05) is 36.4 Å². The molecule has 0 aliphatic rings. The van der Waals surface area contributed by atoms with Crippen LogP contribution in [0.15, 0.2) is 53.7 Å². The molecule has 0 aliphatic carbocycles. The van der Waals surface area contributed by atoms with Gasteiger partial charge in [-0.05, 0) is 31.0 Å². The van der Waals surface area contributed by atoms with Crippen molar-refractivity contribution in [1.29, 1.82) is 0 Å². The summed E-state index contributed by atoms with van der Waals surface area (Å²) in [4.78, 5) is 20.7. The standard InChI is InChI=1S/C19H25N5O/c1-3-20-19(23-14-16-7-5-4-6-8-16)21-12-11-18(25)24-17-10-9-15(2)13-22-17/h4-10,13H,3,11-12,14H2,1-2H3,(H2,20,21,23)(H,22,24,25). The van der Waals surface area contributed by atoms with Gasteiger partial charge in [0, 0.05) is 25.7 Å². The average molecular weight is 339 g/mol. The van der Waals surface area contributed by atoms with E-state index in [1.807, 2.05) is 50.2 Å². The summed E-state index contributed by atoms with van der Waals surface area (Å²) in [5.74, 6) is 1.19. The van der Waals surface area contributed by atoms with E-state index in [4.69, 9.17) is 0 Å². The molecule has 6 nitrogen and oxygen atoms in total. The van der Waals surface area contributed by atoms with Gasteiger partial charge in [-0.25, -0.2) is 9.98 Å². The molecule has 0 radical (unpaired) electrons. The van der Waals surface area contributed by atoms with Crippen LogP contribution in [-0.4, -0.2) is 29.9 Å². The van der Waals surface area contributed by atoms with Gasteiger partial charge in [-0.15, -0.1) is 0 Å². The van der Waals surface area contributed by atoms with Crippen molar-refractivity contribution in [2.45, 2.75) is 26.8 Å². The number of guanidine groups is 1. The number of amides is 1. The van der Waals surface area contributed by atoms with Crippen LogP contribution in [-0.2, 0) is 11.3 Å². The average Bonchev–Trinajstić information content (AvgIpc) is 2.62. The second kappa shape index (κ2) is 10.1. The summed E-state index contributed by atoms with van der Waals surface area (Å²) >= 11 is 0. The first-order valence-corrected chi connectivity index (χ1v) is 8.46. The molecule has 2 rings (SSSR count). The predicted octanol–water partition coefficient (Wildman–Crippen LogP) is 2.47. The van der Waals surface area contributed by atoms with Gasteiger partial charge in [0.05, 0.1) is 6.54 Å². The van der Waals surface area contributed by atoms with Crippen molar-refractivity contribution in [3.63, 3.8) is 0 Å².